The maximum absolute atomic E-state index is 6.12. The van der Waals surface area contributed by atoms with Gasteiger partial charge in [-0.15, -0.1) is 0 Å². The molecule has 0 fully saturated rings. The second-order valence-corrected chi connectivity index (χ2v) is 5.96. The molecule has 0 aliphatic heterocycles. The van der Waals surface area contributed by atoms with Gasteiger partial charge in [0.1, 0.15) is 11.9 Å². The zero-order valence-corrected chi connectivity index (χ0v) is 13.3. The largest absolute Gasteiger partial charge is 0.484 e. The summed E-state index contributed by atoms with van der Waals surface area (Å²) in [4.78, 5) is 0. The monoisotopic (exact) mass is 303 g/mol. The van der Waals surface area contributed by atoms with E-state index in [1.165, 1.54) is 0 Å². The van der Waals surface area contributed by atoms with Gasteiger partial charge in [0.2, 0.25) is 0 Å². The standard InChI is InChI=1S/C18H22ClNO/c1-14(2)12-20-13-18(15-7-4-3-5-8-15)21-17-10-6-9-16(19)11-17/h3-11,14,18,20H,12-13H2,1-2H3. The van der Waals surface area contributed by atoms with E-state index in [-0.39, 0.29) is 6.10 Å². The number of benzene rings is 2. The first-order chi connectivity index (χ1) is 10.1. The van der Waals surface area contributed by atoms with Crippen molar-refractivity contribution in [1.82, 2.24) is 5.32 Å². The fourth-order valence-electron chi connectivity index (χ4n) is 2.10. The van der Waals surface area contributed by atoms with Crippen LogP contribution in [0.1, 0.15) is 25.5 Å². The smallest absolute Gasteiger partial charge is 0.136 e. The molecule has 2 nitrogen and oxygen atoms in total. The molecule has 0 saturated carbocycles. The average Bonchev–Trinajstić information content (AvgIpc) is 2.47. The fourth-order valence-corrected chi connectivity index (χ4v) is 2.28. The molecule has 0 aromatic heterocycles. The molecule has 1 unspecified atom stereocenters. The molecule has 0 heterocycles. The summed E-state index contributed by atoms with van der Waals surface area (Å²) in [7, 11) is 0. The van der Waals surface area contributed by atoms with Crippen molar-refractivity contribution in [2.45, 2.75) is 20.0 Å². The second kappa shape index (κ2) is 8.06. The summed E-state index contributed by atoms with van der Waals surface area (Å²) < 4.78 is 6.12. The van der Waals surface area contributed by atoms with Gasteiger partial charge in [0.25, 0.3) is 0 Å². The van der Waals surface area contributed by atoms with Crippen LogP contribution in [0.3, 0.4) is 0 Å². The Hall–Kier alpha value is -1.51. The third-order valence-electron chi connectivity index (χ3n) is 3.13. The summed E-state index contributed by atoms with van der Waals surface area (Å²) >= 11 is 6.02. The van der Waals surface area contributed by atoms with Gasteiger partial charge in [-0.05, 0) is 36.2 Å². The van der Waals surface area contributed by atoms with E-state index in [0.717, 1.165) is 24.4 Å². The predicted octanol–water partition coefficient (Wildman–Crippen LogP) is 4.71. The van der Waals surface area contributed by atoms with E-state index in [2.05, 4.69) is 31.3 Å². The highest BCUT2D eigenvalue weighted by Crippen LogP contribution is 2.24. The van der Waals surface area contributed by atoms with Crippen molar-refractivity contribution in [2.24, 2.45) is 5.92 Å². The number of hydrogen-bond donors (Lipinski definition) is 1. The molecule has 0 bridgehead atoms. The van der Waals surface area contributed by atoms with Gasteiger partial charge >= 0.3 is 0 Å². The molecule has 0 amide bonds. The Bertz CT molecular complexity index is 542. The van der Waals surface area contributed by atoms with Gasteiger partial charge in [-0.25, -0.2) is 0 Å². The summed E-state index contributed by atoms with van der Waals surface area (Å²) in [6, 6.07) is 17.8. The van der Waals surface area contributed by atoms with Crippen LogP contribution in [0.4, 0.5) is 0 Å². The molecule has 21 heavy (non-hydrogen) atoms. The van der Waals surface area contributed by atoms with E-state index in [0.29, 0.717) is 10.9 Å². The third kappa shape index (κ3) is 5.41. The fraction of sp³-hybridized carbons (Fsp3) is 0.333. The van der Waals surface area contributed by atoms with Gasteiger partial charge in [0.15, 0.2) is 0 Å². The lowest BCUT2D eigenvalue weighted by Crippen LogP contribution is -2.28. The topological polar surface area (TPSA) is 21.3 Å². The Morgan fingerprint density at radius 3 is 2.43 bits per heavy atom. The van der Waals surface area contributed by atoms with E-state index in [4.69, 9.17) is 16.3 Å². The zero-order valence-electron chi connectivity index (χ0n) is 12.6. The van der Waals surface area contributed by atoms with Gasteiger partial charge in [0.05, 0.1) is 0 Å². The first-order valence-corrected chi connectivity index (χ1v) is 7.71. The number of hydrogen-bond acceptors (Lipinski definition) is 2. The van der Waals surface area contributed by atoms with Crippen LogP contribution >= 0.6 is 11.6 Å². The third-order valence-corrected chi connectivity index (χ3v) is 3.36. The van der Waals surface area contributed by atoms with Crippen LogP contribution in [0.15, 0.2) is 54.6 Å². The SMILES string of the molecule is CC(C)CNCC(Oc1cccc(Cl)c1)c1ccccc1. The Kier molecular flexibility index (Phi) is 6.09. The van der Waals surface area contributed by atoms with Gasteiger partial charge < -0.3 is 10.1 Å². The van der Waals surface area contributed by atoms with Crippen LogP contribution in [-0.2, 0) is 0 Å². The molecule has 2 aromatic carbocycles. The van der Waals surface area contributed by atoms with Gasteiger partial charge in [-0.1, -0.05) is 61.8 Å². The molecule has 0 radical (unpaired) electrons. The highest BCUT2D eigenvalue weighted by Gasteiger charge is 2.13. The van der Waals surface area contributed by atoms with Crippen LogP contribution in [0.2, 0.25) is 5.02 Å². The molecular weight excluding hydrogens is 282 g/mol. The Morgan fingerprint density at radius 1 is 1.00 bits per heavy atom. The molecule has 0 aliphatic rings. The summed E-state index contributed by atoms with van der Waals surface area (Å²) in [6.07, 6.45) is -0.0246. The minimum atomic E-state index is -0.0246. The maximum atomic E-state index is 6.12. The Morgan fingerprint density at radius 2 is 1.76 bits per heavy atom. The van der Waals surface area contributed by atoms with Gasteiger partial charge in [0, 0.05) is 11.6 Å². The number of nitrogens with one attached hydrogen (secondary N) is 1. The molecule has 1 atom stereocenters. The number of rotatable bonds is 7. The molecule has 0 aliphatic carbocycles. The minimum absolute atomic E-state index is 0.0246. The Labute approximate surface area is 132 Å². The van der Waals surface area contributed by atoms with Crippen LogP contribution in [0.5, 0.6) is 5.75 Å². The number of halogens is 1. The van der Waals surface area contributed by atoms with E-state index in [1.54, 1.807) is 0 Å². The first-order valence-electron chi connectivity index (χ1n) is 7.33. The lowest BCUT2D eigenvalue weighted by Gasteiger charge is -2.21. The number of ether oxygens (including phenoxy) is 1. The molecule has 0 spiro atoms. The summed E-state index contributed by atoms with van der Waals surface area (Å²) in [5.41, 5.74) is 1.16. The van der Waals surface area contributed by atoms with E-state index < -0.39 is 0 Å². The summed E-state index contributed by atoms with van der Waals surface area (Å²) in [6.45, 7) is 6.14. The van der Waals surface area contributed by atoms with Crippen molar-refractivity contribution < 1.29 is 4.74 Å². The van der Waals surface area contributed by atoms with Crippen molar-refractivity contribution in [3.63, 3.8) is 0 Å². The summed E-state index contributed by atoms with van der Waals surface area (Å²) in [5.74, 6) is 1.41. The molecule has 112 valence electrons. The molecular formula is C18H22ClNO. The van der Waals surface area contributed by atoms with Gasteiger partial charge in [-0.3, -0.25) is 0 Å². The van der Waals surface area contributed by atoms with Crippen molar-refractivity contribution >= 4 is 11.6 Å². The first kappa shape index (κ1) is 15.9. The van der Waals surface area contributed by atoms with E-state index >= 15 is 0 Å². The normalized spacial score (nSPS) is 12.4. The average molecular weight is 304 g/mol. The Balaban J connectivity index is 2.08. The van der Waals surface area contributed by atoms with Crippen molar-refractivity contribution in [1.29, 1.82) is 0 Å². The van der Waals surface area contributed by atoms with Crippen molar-refractivity contribution in [3.05, 3.63) is 65.2 Å². The maximum Gasteiger partial charge on any atom is 0.136 e. The molecule has 0 saturated heterocycles. The van der Waals surface area contributed by atoms with Crippen LogP contribution in [0.25, 0.3) is 0 Å². The summed E-state index contributed by atoms with van der Waals surface area (Å²) in [5, 5.41) is 4.15. The van der Waals surface area contributed by atoms with Crippen molar-refractivity contribution in [2.75, 3.05) is 13.1 Å². The van der Waals surface area contributed by atoms with E-state index in [1.807, 2.05) is 42.5 Å². The van der Waals surface area contributed by atoms with Crippen LogP contribution in [-0.4, -0.2) is 13.1 Å². The predicted molar refractivity (Wildman–Crippen MR) is 89.0 cm³/mol. The second-order valence-electron chi connectivity index (χ2n) is 5.53. The van der Waals surface area contributed by atoms with E-state index in [9.17, 15) is 0 Å². The highest BCUT2D eigenvalue weighted by molar-refractivity contribution is 6.30. The quantitative estimate of drug-likeness (QED) is 0.800. The molecule has 2 aromatic rings. The highest BCUT2D eigenvalue weighted by atomic mass is 35.5. The van der Waals surface area contributed by atoms with Crippen LogP contribution in [0, 0.1) is 5.92 Å². The van der Waals surface area contributed by atoms with Crippen molar-refractivity contribution in [3.8, 4) is 5.75 Å². The lowest BCUT2D eigenvalue weighted by molar-refractivity contribution is 0.200. The molecule has 1 N–H and O–H groups in total. The van der Waals surface area contributed by atoms with Crippen LogP contribution < -0.4 is 10.1 Å². The van der Waals surface area contributed by atoms with Gasteiger partial charge in [-0.2, -0.15) is 0 Å². The molecule has 2 rings (SSSR count). The zero-order chi connectivity index (χ0) is 15.1. The molecule has 3 heteroatoms. The minimum Gasteiger partial charge on any atom is -0.484 e. The lowest BCUT2D eigenvalue weighted by atomic mass is 10.1.